The Morgan fingerprint density at radius 1 is 1.06 bits per heavy atom. The van der Waals surface area contributed by atoms with Crippen LogP contribution in [0.4, 0.5) is 10.1 Å². The molecule has 2 amide bonds. The minimum Gasteiger partial charge on any atom is -0.489 e. The number of hydrogen-bond donors (Lipinski definition) is 1. The van der Waals surface area contributed by atoms with E-state index >= 15 is 0 Å². The number of carbonyl (C=O) groups excluding carboxylic acids is 2. The Morgan fingerprint density at radius 3 is 2.45 bits per heavy atom. The summed E-state index contributed by atoms with van der Waals surface area (Å²) in [6.45, 7) is 8.35. The fourth-order valence-corrected chi connectivity index (χ4v) is 5.20. The molecule has 2 saturated heterocycles. The van der Waals surface area contributed by atoms with Crippen molar-refractivity contribution in [2.75, 3.05) is 44.2 Å². The van der Waals surface area contributed by atoms with Gasteiger partial charge in [0.05, 0.1) is 29.7 Å². The van der Waals surface area contributed by atoms with Gasteiger partial charge in [0, 0.05) is 38.8 Å². The summed E-state index contributed by atoms with van der Waals surface area (Å²) >= 11 is 0. The maximum absolute atomic E-state index is 13.9. The lowest BCUT2D eigenvalue weighted by Crippen LogP contribution is -2.47. The van der Waals surface area contributed by atoms with E-state index < -0.39 is 6.10 Å². The molecule has 0 bridgehead atoms. The number of amides is 2. The van der Waals surface area contributed by atoms with Crippen molar-refractivity contribution in [2.24, 2.45) is 11.8 Å². The summed E-state index contributed by atoms with van der Waals surface area (Å²) in [6.07, 6.45) is 1.92. The molecule has 2 heterocycles. The first kappa shape index (κ1) is 25.7. The Hall–Kier alpha value is -1.90. The first-order valence-electron chi connectivity index (χ1n) is 11.8. The quantitative estimate of drug-likeness (QED) is 0.601. The molecule has 1 aliphatic carbocycles. The zero-order chi connectivity index (χ0) is 22.8. The predicted octanol–water partition coefficient (Wildman–Crippen LogP) is 2.69. The molecule has 7 nitrogen and oxygen atoms in total. The molecular weight excluding hydrogens is 449 g/mol. The van der Waals surface area contributed by atoms with Gasteiger partial charge in [-0.3, -0.25) is 19.4 Å². The van der Waals surface area contributed by atoms with Crippen LogP contribution in [0.2, 0.25) is 0 Å². The van der Waals surface area contributed by atoms with Gasteiger partial charge < -0.3 is 14.7 Å². The van der Waals surface area contributed by atoms with E-state index in [1.165, 1.54) is 17.0 Å². The summed E-state index contributed by atoms with van der Waals surface area (Å²) < 4.78 is 19.7. The van der Waals surface area contributed by atoms with Crippen molar-refractivity contribution in [3.8, 4) is 5.75 Å². The number of piperazine rings is 1. The number of hydrogen-bond acceptors (Lipinski definition) is 6. The highest BCUT2D eigenvalue weighted by atomic mass is 35.5. The average molecular weight is 484 g/mol. The van der Waals surface area contributed by atoms with Crippen LogP contribution in [0.5, 0.6) is 5.75 Å². The van der Waals surface area contributed by atoms with Gasteiger partial charge in [-0.05, 0) is 58.2 Å². The zero-order valence-corrected chi connectivity index (χ0v) is 20.2. The van der Waals surface area contributed by atoms with E-state index in [1.807, 2.05) is 13.8 Å². The van der Waals surface area contributed by atoms with Crippen molar-refractivity contribution < 1.29 is 23.8 Å². The molecule has 3 atom stereocenters. The van der Waals surface area contributed by atoms with Gasteiger partial charge >= 0.3 is 0 Å². The highest BCUT2D eigenvalue weighted by Crippen LogP contribution is 2.38. The van der Waals surface area contributed by atoms with Crippen LogP contribution in [0.25, 0.3) is 0 Å². The van der Waals surface area contributed by atoms with Crippen LogP contribution >= 0.6 is 12.4 Å². The first-order valence-corrected chi connectivity index (χ1v) is 11.8. The Kier molecular flexibility index (Phi) is 8.59. The normalized spacial score (nSPS) is 25.9. The van der Waals surface area contributed by atoms with Gasteiger partial charge in [-0.2, -0.15) is 0 Å². The number of halogens is 2. The second-order valence-corrected chi connectivity index (χ2v) is 9.47. The molecule has 2 aliphatic heterocycles. The topological polar surface area (TPSA) is 73.3 Å². The summed E-state index contributed by atoms with van der Waals surface area (Å²) in [5.74, 6) is -0.293. The Morgan fingerprint density at radius 2 is 1.76 bits per heavy atom. The van der Waals surface area contributed by atoms with Crippen LogP contribution in [-0.4, -0.2) is 78.2 Å². The van der Waals surface area contributed by atoms with Crippen molar-refractivity contribution in [2.45, 2.75) is 51.7 Å². The number of aliphatic hydroxyl groups is 1. The van der Waals surface area contributed by atoms with E-state index in [9.17, 15) is 19.1 Å². The number of rotatable bonds is 7. The summed E-state index contributed by atoms with van der Waals surface area (Å²) in [4.78, 5) is 31.2. The molecule has 9 heteroatoms. The third-order valence-corrected chi connectivity index (χ3v) is 6.84. The molecule has 1 aromatic carbocycles. The van der Waals surface area contributed by atoms with Crippen molar-refractivity contribution in [3.05, 3.63) is 24.0 Å². The van der Waals surface area contributed by atoms with E-state index in [-0.39, 0.29) is 48.0 Å². The largest absolute Gasteiger partial charge is 0.489 e. The lowest BCUT2D eigenvalue weighted by atomic mass is 9.80. The molecule has 0 aromatic heterocycles. The van der Waals surface area contributed by atoms with Crippen LogP contribution in [0, 0.1) is 17.7 Å². The second kappa shape index (κ2) is 11.0. The minimum atomic E-state index is -0.464. The number of anilines is 1. The third kappa shape index (κ3) is 5.78. The summed E-state index contributed by atoms with van der Waals surface area (Å²) in [5.41, 5.74) is 0.788. The SMILES string of the molecule is CC(C)Oc1ccc(F)cc1N1CCN(CCCN2C(=O)C3CCC(O)CC3C2=O)CC1.Cl. The maximum Gasteiger partial charge on any atom is 0.233 e. The molecule has 4 rings (SSSR count). The number of fused-ring (bicyclic) bond motifs is 1. The highest BCUT2D eigenvalue weighted by molar-refractivity contribution is 6.05. The van der Waals surface area contributed by atoms with Gasteiger partial charge in [-0.1, -0.05) is 0 Å². The number of aliphatic hydroxyl groups excluding tert-OH is 1. The number of imide groups is 1. The molecule has 33 heavy (non-hydrogen) atoms. The predicted molar refractivity (Wildman–Crippen MR) is 126 cm³/mol. The van der Waals surface area contributed by atoms with Gasteiger partial charge in [0.15, 0.2) is 0 Å². The molecule has 3 unspecified atom stereocenters. The molecule has 3 aliphatic rings. The van der Waals surface area contributed by atoms with Crippen LogP contribution in [-0.2, 0) is 9.59 Å². The van der Waals surface area contributed by atoms with Crippen molar-refractivity contribution in [1.29, 1.82) is 0 Å². The molecule has 0 radical (unpaired) electrons. The Balaban J connectivity index is 0.00000306. The lowest BCUT2D eigenvalue weighted by Gasteiger charge is -2.37. The van der Waals surface area contributed by atoms with E-state index in [0.29, 0.717) is 31.6 Å². The second-order valence-electron chi connectivity index (χ2n) is 9.47. The molecule has 1 N–H and O–H groups in total. The summed E-state index contributed by atoms with van der Waals surface area (Å²) in [5, 5.41) is 9.85. The highest BCUT2D eigenvalue weighted by Gasteiger charge is 2.49. The number of ether oxygens (including phenoxy) is 1. The minimum absolute atomic E-state index is 0. The summed E-state index contributed by atoms with van der Waals surface area (Å²) in [6, 6.07) is 4.65. The first-order chi connectivity index (χ1) is 15.3. The molecule has 0 spiro atoms. The monoisotopic (exact) mass is 483 g/mol. The van der Waals surface area contributed by atoms with Crippen LogP contribution in [0.1, 0.15) is 39.5 Å². The van der Waals surface area contributed by atoms with Gasteiger partial charge in [-0.15, -0.1) is 12.4 Å². The molecule has 184 valence electrons. The van der Waals surface area contributed by atoms with Crippen LogP contribution in [0.3, 0.4) is 0 Å². The van der Waals surface area contributed by atoms with Gasteiger partial charge in [0.25, 0.3) is 0 Å². The Bertz CT molecular complexity index is 847. The lowest BCUT2D eigenvalue weighted by molar-refractivity contribution is -0.140. The number of likely N-dealkylation sites (tertiary alicyclic amines) is 1. The summed E-state index contributed by atoms with van der Waals surface area (Å²) in [7, 11) is 0. The molecular formula is C24H35ClFN3O4. The standard InChI is InChI=1S/C24H34FN3O4.ClH/c1-16(2)32-22-7-4-17(25)14-21(22)27-12-10-26(11-13-27)8-3-9-28-23(30)19-6-5-18(29)15-20(19)24(28)31;/h4,7,14,16,18-20,29H,3,5-6,8-13,15H2,1-2H3;1H. The number of carbonyl (C=O) groups is 2. The van der Waals surface area contributed by atoms with Crippen molar-refractivity contribution >= 4 is 29.9 Å². The van der Waals surface area contributed by atoms with E-state index in [1.54, 1.807) is 6.07 Å². The average Bonchev–Trinajstić information content (AvgIpc) is 2.99. The molecule has 3 fully saturated rings. The fourth-order valence-electron chi connectivity index (χ4n) is 5.20. The third-order valence-electron chi connectivity index (χ3n) is 6.84. The van der Waals surface area contributed by atoms with Gasteiger partial charge in [0.1, 0.15) is 11.6 Å². The van der Waals surface area contributed by atoms with Crippen molar-refractivity contribution in [1.82, 2.24) is 9.80 Å². The van der Waals surface area contributed by atoms with Crippen LogP contribution in [0.15, 0.2) is 18.2 Å². The number of benzene rings is 1. The van der Waals surface area contributed by atoms with E-state index in [4.69, 9.17) is 4.74 Å². The van der Waals surface area contributed by atoms with Gasteiger partial charge in [-0.25, -0.2) is 4.39 Å². The Labute approximate surface area is 201 Å². The van der Waals surface area contributed by atoms with E-state index in [2.05, 4.69) is 9.80 Å². The van der Waals surface area contributed by atoms with Crippen LogP contribution < -0.4 is 9.64 Å². The molecule has 1 saturated carbocycles. The maximum atomic E-state index is 13.9. The molecule has 1 aromatic rings. The smallest absolute Gasteiger partial charge is 0.233 e. The fraction of sp³-hybridized carbons (Fsp3) is 0.667. The van der Waals surface area contributed by atoms with Gasteiger partial charge in [0.2, 0.25) is 11.8 Å². The number of nitrogens with zero attached hydrogens (tertiary/aromatic N) is 3. The van der Waals surface area contributed by atoms with E-state index in [0.717, 1.165) is 44.8 Å². The zero-order valence-electron chi connectivity index (χ0n) is 19.4. The van der Waals surface area contributed by atoms with Crippen molar-refractivity contribution in [3.63, 3.8) is 0 Å².